The number of hydrogen-bond donors (Lipinski definition) is 0. The van der Waals surface area contributed by atoms with Crippen LogP contribution in [0.15, 0.2) is 41.6 Å². The first kappa shape index (κ1) is 23.4. The molecule has 4 nitrogen and oxygen atoms in total. The van der Waals surface area contributed by atoms with Crippen molar-refractivity contribution in [2.45, 2.75) is 71.3 Å². The van der Waals surface area contributed by atoms with E-state index in [0.717, 1.165) is 34.6 Å². The van der Waals surface area contributed by atoms with Crippen molar-refractivity contribution in [3.05, 3.63) is 58.7 Å². The molecule has 2 aromatic carbocycles. The molecule has 1 heterocycles. The maximum absolute atomic E-state index is 5.30. The molecule has 0 bridgehead atoms. The van der Waals surface area contributed by atoms with Crippen molar-refractivity contribution in [3.63, 3.8) is 0 Å². The lowest BCUT2D eigenvalue weighted by molar-refractivity contribution is 0.415. The molecule has 3 rings (SSSR count). The van der Waals surface area contributed by atoms with Gasteiger partial charge in [0.1, 0.15) is 5.75 Å². The van der Waals surface area contributed by atoms with Crippen molar-refractivity contribution < 1.29 is 4.74 Å². The Morgan fingerprint density at radius 1 is 1.00 bits per heavy atom. The zero-order valence-electron chi connectivity index (χ0n) is 20.1. The first-order valence-electron chi connectivity index (χ1n) is 10.9. The molecule has 0 saturated carbocycles. The third kappa shape index (κ3) is 5.51. The van der Waals surface area contributed by atoms with Crippen LogP contribution in [0.25, 0.3) is 11.4 Å². The maximum atomic E-state index is 5.30. The molecule has 3 aromatic rings. The monoisotopic (exact) mass is 437 g/mol. The first-order valence-corrected chi connectivity index (χ1v) is 11.9. The second-order valence-corrected chi connectivity index (χ2v) is 10.6. The van der Waals surface area contributed by atoms with Crippen molar-refractivity contribution in [1.82, 2.24) is 14.8 Å². The molecule has 0 saturated heterocycles. The van der Waals surface area contributed by atoms with E-state index in [0.29, 0.717) is 5.92 Å². The van der Waals surface area contributed by atoms with Gasteiger partial charge in [-0.05, 0) is 71.7 Å². The van der Waals surface area contributed by atoms with Crippen LogP contribution in [-0.2, 0) is 17.7 Å². The van der Waals surface area contributed by atoms with E-state index in [2.05, 4.69) is 75.4 Å². The van der Waals surface area contributed by atoms with Crippen molar-refractivity contribution >= 4 is 11.8 Å². The van der Waals surface area contributed by atoms with Crippen LogP contribution in [0.5, 0.6) is 5.75 Å². The second kappa shape index (κ2) is 9.47. The molecular formula is C26H35N3OS. The molecule has 0 fully saturated rings. The zero-order valence-corrected chi connectivity index (χ0v) is 20.9. The Hall–Kier alpha value is -2.27. The summed E-state index contributed by atoms with van der Waals surface area (Å²) in [6.45, 7) is 16.6. The van der Waals surface area contributed by atoms with E-state index in [-0.39, 0.29) is 5.41 Å². The van der Waals surface area contributed by atoms with Crippen LogP contribution in [-0.4, -0.2) is 21.9 Å². The minimum Gasteiger partial charge on any atom is -0.497 e. The fraction of sp³-hybridized carbons (Fsp3) is 0.462. The average molecular weight is 438 g/mol. The molecular weight excluding hydrogens is 402 g/mol. The summed E-state index contributed by atoms with van der Waals surface area (Å²) >= 11 is 1.77. The molecule has 0 aliphatic rings. The molecule has 0 aliphatic carbocycles. The van der Waals surface area contributed by atoms with Gasteiger partial charge in [0, 0.05) is 17.9 Å². The van der Waals surface area contributed by atoms with Gasteiger partial charge in [-0.15, -0.1) is 10.2 Å². The fourth-order valence-electron chi connectivity index (χ4n) is 3.67. The largest absolute Gasteiger partial charge is 0.497 e. The highest BCUT2D eigenvalue weighted by molar-refractivity contribution is 7.98. The van der Waals surface area contributed by atoms with Gasteiger partial charge in [-0.3, -0.25) is 0 Å². The number of ether oxygens (including phenoxy) is 1. The molecule has 5 heteroatoms. The van der Waals surface area contributed by atoms with Gasteiger partial charge < -0.3 is 9.30 Å². The maximum Gasteiger partial charge on any atom is 0.191 e. The smallest absolute Gasteiger partial charge is 0.191 e. The Balaban J connectivity index is 1.89. The molecule has 1 aromatic heterocycles. The van der Waals surface area contributed by atoms with E-state index in [4.69, 9.17) is 4.74 Å². The number of rotatable bonds is 7. The molecule has 0 N–H and O–H groups in total. The van der Waals surface area contributed by atoms with Crippen LogP contribution in [0, 0.1) is 19.8 Å². The Morgan fingerprint density at radius 3 is 2.13 bits per heavy atom. The standard InChI is InChI=1S/C26H35N3OS/c1-17(2)15-29-24(20-9-11-22(30-8)12-10-20)27-28-25(29)31-16-23-18(3)13-21(14-19(23)4)26(5,6)7/h9-14,17H,15-16H2,1-8H3. The van der Waals surface area contributed by atoms with Gasteiger partial charge in [0.15, 0.2) is 11.0 Å². The molecule has 31 heavy (non-hydrogen) atoms. The highest BCUT2D eigenvalue weighted by atomic mass is 32.2. The Kier molecular flexibility index (Phi) is 7.15. The minimum absolute atomic E-state index is 0.159. The van der Waals surface area contributed by atoms with Gasteiger partial charge >= 0.3 is 0 Å². The third-order valence-corrected chi connectivity index (χ3v) is 6.51. The van der Waals surface area contributed by atoms with E-state index in [9.17, 15) is 0 Å². The van der Waals surface area contributed by atoms with E-state index >= 15 is 0 Å². The number of methoxy groups -OCH3 is 1. The Morgan fingerprint density at radius 2 is 1.61 bits per heavy atom. The summed E-state index contributed by atoms with van der Waals surface area (Å²) in [5.41, 5.74) is 6.70. The molecule has 166 valence electrons. The van der Waals surface area contributed by atoms with Crippen LogP contribution in [0.4, 0.5) is 0 Å². The topological polar surface area (TPSA) is 39.9 Å². The highest BCUT2D eigenvalue weighted by Gasteiger charge is 2.19. The molecule has 0 radical (unpaired) electrons. The Bertz CT molecular complexity index is 1010. The molecule has 0 amide bonds. The van der Waals surface area contributed by atoms with Crippen LogP contribution >= 0.6 is 11.8 Å². The molecule has 0 spiro atoms. The van der Waals surface area contributed by atoms with Gasteiger partial charge in [0.25, 0.3) is 0 Å². The number of hydrogen-bond acceptors (Lipinski definition) is 4. The van der Waals surface area contributed by atoms with Gasteiger partial charge in [-0.1, -0.05) is 58.5 Å². The van der Waals surface area contributed by atoms with Crippen molar-refractivity contribution in [3.8, 4) is 17.1 Å². The highest BCUT2D eigenvalue weighted by Crippen LogP contribution is 2.32. The average Bonchev–Trinajstić information content (AvgIpc) is 3.08. The Labute approximate surface area is 191 Å². The second-order valence-electron chi connectivity index (χ2n) is 9.67. The minimum atomic E-state index is 0.159. The van der Waals surface area contributed by atoms with Gasteiger partial charge in [-0.2, -0.15) is 0 Å². The first-order chi connectivity index (χ1) is 14.6. The molecule has 0 atom stereocenters. The zero-order chi connectivity index (χ0) is 22.8. The quantitative estimate of drug-likeness (QED) is 0.380. The summed E-state index contributed by atoms with van der Waals surface area (Å²) < 4.78 is 7.55. The van der Waals surface area contributed by atoms with Crippen LogP contribution in [0.1, 0.15) is 56.9 Å². The molecule has 0 unspecified atom stereocenters. The summed E-state index contributed by atoms with van der Waals surface area (Å²) in [7, 11) is 1.68. The third-order valence-electron chi connectivity index (χ3n) is 5.52. The molecule has 0 aliphatic heterocycles. The van der Waals surface area contributed by atoms with E-state index in [1.807, 2.05) is 24.3 Å². The van der Waals surface area contributed by atoms with Crippen LogP contribution < -0.4 is 4.74 Å². The normalized spacial score (nSPS) is 11.9. The van der Waals surface area contributed by atoms with E-state index in [1.165, 1.54) is 22.3 Å². The van der Waals surface area contributed by atoms with E-state index in [1.54, 1.807) is 18.9 Å². The summed E-state index contributed by atoms with van der Waals surface area (Å²) in [4.78, 5) is 0. The van der Waals surface area contributed by atoms with Crippen LogP contribution in [0.2, 0.25) is 0 Å². The van der Waals surface area contributed by atoms with Gasteiger partial charge in [0.05, 0.1) is 7.11 Å². The SMILES string of the molecule is COc1ccc(-c2nnc(SCc3c(C)cc(C(C)(C)C)cc3C)n2CC(C)C)cc1. The number of thioether (sulfide) groups is 1. The number of aryl methyl sites for hydroxylation is 2. The summed E-state index contributed by atoms with van der Waals surface area (Å²) in [5, 5.41) is 10.1. The predicted molar refractivity (Wildman–Crippen MR) is 131 cm³/mol. The van der Waals surface area contributed by atoms with Crippen LogP contribution in [0.3, 0.4) is 0 Å². The number of nitrogens with zero attached hydrogens (tertiary/aromatic N) is 3. The van der Waals surface area contributed by atoms with Gasteiger partial charge in [-0.25, -0.2) is 0 Å². The van der Waals surface area contributed by atoms with Crippen molar-refractivity contribution in [1.29, 1.82) is 0 Å². The lowest BCUT2D eigenvalue weighted by Gasteiger charge is -2.22. The summed E-state index contributed by atoms with van der Waals surface area (Å²) in [5.74, 6) is 3.15. The number of benzene rings is 2. The predicted octanol–water partition coefficient (Wildman–Crippen LogP) is 6.82. The summed E-state index contributed by atoms with van der Waals surface area (Å²) in [6.07, 6.45) is 0. The lowest BCUT2D eigenvalue weighted by atomic mass is 9.84. The lowest BCUT2D eigenvalue weighted by Crippen LogP contribution is -2.12. The fourth-order valence-corrected chi connectivity index (χ4v) is 4.81. The number of aromatic nitrogens is 3. The van der Waals surface area contributed by atoms with E-state index < -0.39 is 0 Å². The summed E-state index contributed by atoms with van der Waals surface area (Å²) in [6, 6.07) is 12.7. The van der Waals surface area contributed by atoms with Gasteiger partial charge in [0.2, 0.25) is 0 Å². The van der Waals surface area contributed by atoms with Crippen molar-refractivity contribution in [2.75, 3.05) is 7.11 Å². The van der Waals surface area contributed by atoms with Crippen molar-refractivity contribution in [2.24, 2.45) is 5.92 Å².